The zero-order chi connectivity index (χ0) is 17.1. The van der Waals surface area contributed by atoms with E-state index >= 15 is 0 Å². The molecule has 126 valence electrons. The van der Waals surface area contributed by atoms with Gasteiger partial charge in [0.05, 0.1) is 12.6 Å². The van der Waals surface area contributed by atoms with Crippen LogP contribution in [0.3, 0.4) is 0 Å². The minimum Gasteiger partial charge on any atom is -0.493 e. The number of rotatable bonds is 4. The normalized spacial score (nSPS) is 16.1. The Bertz CT molecular complexity index is 869. The summed E-state index contributed by atoms with van der Waals surface area (Å²) in [4.78, 5) is 40.0. The van der Waals surface area contributed by atoms with Crippen LogP contribution in [0.1, 0.15) is 35.7 Å². The number of amides is 1. The van der Waals surface area contributed by atoms with Crippen molar-refractivity contribution in [3.8, 4) is 5.75 Å². The first-order valence-electron chi connectivity index (χ1n) is 7.88. The average molecular weight is 329 g/mol. The Morgan fingerprint density at radius 1 is 1.29 bits per heavy atom. The van der Waals surface area contributed by atoms with Crippen LogP contribution in [0, 0.1) is 6.92 Å². The Morgan fingerprint density at radius 2 is 2.08 bits per heavy atom. The number of hydrogen-bond acceptors (Lipinski definition) is 4. The van der Waals surface area contributed by atoms with Crippen LogP contribution in [0.15, 0.2) is 33.9 Å². The molecule has 2 heterocycles. The van der Waals surface area contributed by atoms with Crippen LogP contribution in [0.2, 0.25) is 0 Å². The van der Waals surface area contributed by atoms with E-state index in [1.165, 1.54) is 0 Å². The summed E-state index contributed by atoms with van der Waals surface area (Å²) >= 11 is 0. The van der Waals surface area contributed by atoms with Crippen molar-refractivity contribution >= 4 is 5.91 Å². The molecule has 0 spiro atoms. The van der Waals surface area contributed by atoms with Crippen LogP contribution in [0.25, 0.3) is 0 Å². The van der Waals surface area contributed by atoms with Crippen molar-refractivity contribution in [3.05, 3.63) is 61.9 Å². The lowest BCUT2D eigenvalue weighted by Crippen LogP contribution is -2.33. The topological polar surface area (TPSA) is 104 Å². The Kier molecular flexibility index (Phi) is 4.50. The van der Waals surface area contributed by atoms with Gasteiger partial charge in [0, 0.05) is 29.7 Å². The molecule has 0 fully saturated rings. The molecule has 3 rings (SSSR count). The van der Waals surface area contributed by atoms with Gasteiger partial charge in [0.25, 0.3) is 5.56 Å². The highest BCUT2D eigenvalue weighted by Crippen LogP contribution is 2.31. The third-order valence-electron chi connectivity index (χ3n) is 4.15. The number of para-hydroxylation sites is 1. The molecule has 7 heteroatoms. The van der Waals surface area contributed by atoms with Gasteiger partial charge in [0.1, 0.15) is 5.75 Å². The second-order valence-corrected chi connectivity index (χ2v) is 5.81. The summed E-state index contributed by atoms with van der Waals surface area (Å²) in [6.45, 7) is 2.21. The number of hydrogen-bond donors (Lipinski definition) is 3. The number of aryl methyl sites for hydroxylation is 1. The van der Waals surface area contributed by atoms with Crippen molar-refractivity contribution in [2.45, 2.75) is 32.2 Å². The number of carbonyl (C=O) groups is 1. The number of fused-ring (bicyclic) bond motifs is 1. The Balaban J connectivity index is 1.65. The van der Waals surface area contributed by atoms with Crippen molar-refractivity contribution in [2.75, 3.05) is 6.61 Å². The Morgan fingerprint density at radius 3 is 2.88 bits per heavy atom. The first-order chi connectivity index (χ1) is 11.5. The minimum atomic E-state index is -0.537. The molecule has 1 aromatic heterocycles. The quantitative estimate of drug-likeness (QED) is 0.776. The summed E-state index contributed by atoms with van der Waals surface area (Å²) in [7, 11) is 0. The highest BCUT2D eigenvalue weighted by Gasteiger charge is 2.22. The molecule has 0 unspecified atom stereocenters. The highest BCUT2D eigenvalue weighted by molar-refractivity contribution is 5.77. The summed E-state index contributed by atoms with van der Waals surface area (Å²) in [5.41, 5.74) is 0.908. The van der Waals surface area contributed by atoms with E-state index in [0.29, 0.717) is 24.3 Å². The number of carbonyl (C=O) groups excluding carboxylic acids is 1. The average Bonchev–Trinajstić information content (AvgIpc) is 2.54. The van der Waals surface area contributed by atoms with E-state index in [1.54, 1.807) is 6.92 Å². The molecule has 1 aromatic carbocycles. The molecule has 1 amide bonds. The molecule has 24 heavy (non-hydrogen) atoms. The lowest BCUT2D eigenvalue weighted by Gasteiger charge is -2.26. The second kappa shape index (κ2) is 6.74. The van der Waals surface area contributed by atoms with Gasteiger partial charge in [0.15, 0.2) is 0 Å². The lowest BCUT2D eigenvalue weighted by atomic mass is 10.00. The van der Waals surface area contributed by atoms with Crippen LogP contribution < -0.4 is 21.3 Å². The summed E-state index contributed by atoms with van der Waals surface area (Å²) in [5, 5.41) is 2.99. The zero-order valence-corrected chi connectivity index (χ0v) is 13.3. The molecule has 1 atom stereocenters. The van der Waals surface area contributed by atoms with Crippen LogP contribution in [-0.4, -0.2) is 22.5 Å². The maximum absolute atomic E-state index is 12.2. The summed E-state index contributed by atoms with van der Waals surface area (Å²) in [6, 6.07) is 7.55. The van der Waals surface area contributed by atoms with Gasteiger partial charge in [-0.05, 0) is 19.4 Å². The smallest absolute Gasteiger partial charge is 0.325 e. The van der Waals surface area contributed by atoms with Gasteiger partial charge < -0.3 is 15.0 Å². The minimum absolute atomic E-state index is 0.0857. The van der Waals surface area contributed by atoms with Crippen molar-refractivity contribution in [1.82, 2.24) is 15.3 Å². The van der Waals surface area contributed by atoms with E-state index in [9.17, 15) is 14.4 Å². The van der Waals surface area contributed by atoms with Gasteiger partial charge in [-0.1, -0.05) is 18.2 Å². The highest BCUT2D eigenvalue weighted by atomic mass is 16.5. The number of aromatic amines is 2. The molecule has 0 saturated carbocycles. The van der Waals surface area contributed by atoms with E-state index in [4.69, 9.17) is 4.74 Å². The summed E-state index contributed by atoms with van der Waals surface area (Å²) < 4.78 is 5.58. The van der Waals surface area contributed by atoms with E-state index in [0.717, 1.165) is 11.3 Å². The maximum atomic E-state index is 12.2. The van der Waals surface area contributed by atoms with E-state index in [2.05, 4.69) is 15.3 Å². The molecule has 0 bridgehead atoms. The number of benzene rings is 1. The molecule has 1 aliphatic heterocycles. The maximum Gasteiger partial charge on any atom is 0.325 e. The fourth-order valence-corrected chi connectivity index (χ4v) is 2.92. The predicted molar refractivity (Wildman–Crippen MR) is 88.2 cm³/mol. The van der Waals surface area contributed by atoms with Gasteiger partial charge in [-0.15, -0.1) is 0 Å². The first kappa shape index (κ1) is 16.0. The number of nitrogens with one attached hydrogen (secondary N) is 3. The number of ether oxygens (including phenoxy) is 1. The molecule has 3 N–H and O–H groups in total. The first-order valence-corrected chi connectivity index (χ1v) is 7.88. The Labute approximate surface area is 138 Å². The third-order valence-corrected chi connectivity index (χ3v) is 4.15. The predicted octanol–water partition coefficient (Wildman–Crippen LogP) is 0.944. The molecule has 0 radical (unpaired) electrons. The van der Waals surface area contributed by atoms with Crippen LogP contribution in [-0.2, 0) is 11.2 Å². The molecule has 2 aromatic rings. The van der Waals surface area contributed by atoms with Crippen molar-refractivity contribution < 1.29 is 9.53 Å². The van der Waals surface area contributed by atoms with Gasteiger partial charge in [-0.3, -0.25) is 14.6 Å². The third kappa shape index (κ3) is 3.40. The second-order valence-electron chi connectivity index (χ2n) is 5.81. The Hall–Kier alpha value is -2.83. The standard InChI is InChI=1S/C17H19N3O4/c1-10-11(16(22)20-17(23)18-10)6-7-15(21)19-13-8-9-24-14-5-3-2-4-12(13)14/h2-5,13H,6-9H2,1H3,(H,19,21)(H2,18,20,22,23)/t13-/m1/s1. The molecule has 1 aliphatic rings. The van der Waals surface area contributed by atoms with Crippen LogP contribution in [0.4, 0.5) is 0 Å². The van der Waals surface area contributed by atoms with Gasteiger partial charge in [-0.25, -0.2) is 4.79 Å². The number of H-pyrrole nitrogens is 2. The molecule has 0 saturated heterocycles. The fourth-order valence-electron chi connectivity index (χ4n) is 2.92. The van der Waals surface area contributed by atoms with Crippen molar-refractivity contribution in [3.63, 3.8) is 0 Å². The lowest BCUT2D eigenvalue weighted by molar-refractivity contribution is -0.122. The fraction of sp³-hybridized carbons (Fsp3) is 0.353. The summed E-state index contributed by atoms with van der Waals surface area (Å²) in [6.07, 6.45) is 1.16. The van der Waals surface area contributed by atoms with E-state index in [-0.39, 0.29) is 24.8 Å². The van der Waals surface area contributed by atoms with E-state index in [1.807, 2.05) is 24.3 Å². The molecule has 0 aliphatic carbocycles. The summed E-state index contributed by atoms with van der Waals surface area (Å²) in [5.74, 6) is 0.656. The monoisotopic (exact) mass is 329 g/mol. The SMILES string of the molecule is Cc1[nH]c(=O)[nH]c(=O)c1CCC(=O)N[C@@H]1CCOc2ccccc21. The van der Waals surface area contributed by atoms with E-state index < -0.39 is 11.2 Å². The van der Waals surface area contributed by atoms with Crippen LogP contribution in [0.5, 0.6) is 5.75 Å². The largest absolute Gasteiger partial charge is 0.493 e. The molecular weight excluding hydrogens is 310 g/mol. The van der Waals surface area contributed by atoms with Crippen LogP contribution >= 0.6 is 0 Å². The van der Waals surface area contributed by atoms with Gasteiger partial charge in [-0.2, -0.15) is 0 Å². The van der Waals surface area contributed by atoms with Crippen molar-refractivity contribution in [1.29, 1.82) is 0 Å². The molecule has 7 nitrogen and oxygen atoms in total. The van der Waals surface area contributed by atoms with Crippen molar-refractivity contribution in [2.24, 2.45) is 0 Å². The van der Waals surface area contributed by atoms with Gasteiger partial charge in [0.2, 0.25) is 5.91 Å². The molecular formula is C17H19N3O4. The number of aromatic nitrogens is 2. The van der Waals surface area contributed by atoms with Gasteiger partial charge >= 0.3 is 5.69 Å². The zero-order valence-electron chi connectivity index (χ0n) is 13.3.